The van der Waals surface area contributed by atoms with E-state index in [4.69, 9.17) is 11.6 Å². The molecule has 1 fully saturated rings. The fourth-order valence-corrected chi connectivity index (χ4v) is 5.39. The molecular weight excluding hydrogens is 290 g/mol. The Labute approximate surface area is 117 Å². The van der Waals surface area contributed by atoms with Gasteiger partial charge < -0.3 is 5.32 Å². The van der Waals surface area contributed by atoms with E-state index in [1.807, 2.05) is 12.1 Å². The molecule has 0 amide bonds. The zero-order valence-corrected chi connectivity index (χ0v) is 12.7. The highest BCUT2D eigenvalue weighted by Crippen LogP contribution is 2.29. The third-order valence-electron chi connectivity index (χ3n) is 3.33. The highest BCUT2D eigenvalue weighted by molar-refractivity contribution is 7.91. The van der Waals surface area contributed by atoms with Gasteiger partial charge in [-0.3, -0.25) is 0 Å². The molecule has 0 bridgehead atoms. The van der Waals surface area contributed by atoms with E-state index in [0.717, 1.165) is 23.7 Å². The number of thiophene rings is 1. The maximum Gasteiger partial charge on any atom is 0.150 e. The van der Waals surface area contributed by atoms with Gasteiger partial charge in [-0.05, 0) is 37.4 Å². The number of hydrogen-bond acceptors (Lipinski definition) is 4. The molecule has 1 aliphatic heterocycles. The molecule has 1 N–H and O–H groups in total. The van der Waals surface area contributed by atoms with Crippen molar-refractivity contribution < 1.29 is 8.42 Å². The topological polar surface area (TPSA) is 46.2 Å². The second-order valence-corrected chi connectivity index (χ2v) is 8.76. The normalized spacial score (nSPS) is 24.2. The summed E-state index contributed by atoms with van der Waals surface area (Å²) >= 11 is 7.52. The second-order valence-electron chi connectivity index (χ2n) is 4.78. The van der Waals surface area contributed by atoms with Gasteiger partial charge in [0.25, 0.3) is 0 Å². The average molecular weight is 308 g/mol. The number of halogens is 1. The molecular formula is C12H18ClNO2S2. The second kappa shape index (κ2) is 5.90. The Balaban J connectivity index is 1.88. The van der Waals surface area contributed by atoms with E-state index in [0.29, 0.717) is 11.5 Å². The molecule has 0 unspecified atom stereocenters. The van der Waals surface area contributed by atoms with Crippen LogP contribution in [0.5, 0.6) is 0 Å². The smallest absolute Gasteiger partial charge is 0.150 e. The van der Waals surface area contributed by atoms with Crippen molar-refractivity contribution >= 4 is 32.8 Å². The first-order chi connectivity index (χ1) is 8.50. The molecule has 2 heterocycles. The van der Waals surface area contributed by atoms with Gasteiger partial charge in [0.2, 0.25) is 0 Å². The largest absolute Gasteiger partial charge is 0.309 e. The molecule has 0 aliphatic carbocycles. The van der Waals surface area contributed by atoms with Crippen molar-refractivity contribution in [2.75, 3.05) is 18.1 Å². The quantitative estimate of drug-likeness (QED) is 0.910. The minimum absolute atomic E-state index is 0.263. The number of hydrogen-bond donors (Lipinski definition) is 1. The first kappa shape index (κ1) is 14.3. The molecule has 3 nitrogen and oxygen atoms in total. The molecule has 0 radical (unpaired) electrons. The molecule has 0 aromatic carbocycles. The molecule has 1 aliphatic rings. The van der Waals surface area contributed by atoms with Gasteiger partial charge >= 0.3 is 0 Å². The van der Waals surface area contributed by atoms with Crippen molar-refractivity contribution in [2.45, 2.75) is 25.8 Å². The third-order valence-corrected chi connectivity index (χ3v) is 6.51. The first-order valence-corrected chi connectivity index (χ1v) is 9.21. The fraction of sp³-hybridized carbons (Fsp3) is 0.667. The lowest BCUT2D eigenvalue weighted by Gasteiger charge is -2.17. The van der Waals surface area contributed by atoms with Crippen molar-refractivity contribution in [3.8, 4) is 0 Å². The summed E-state index contributed by atoms with van der Waals surface area (Å²) in [5.74, 6) is 0.947. The van der Waals surface area contributed by atoms with Crippen LogP contribution in [0.3, 0.4) is 0 Å². The molecule has 2 rings (SSSR count). The molecule has 0 saturated carbocycles. The van der Waals surface area contributed by atoms with E-state index in [-0.39, 0.29) is 12.0 Å². The van der Waals surface area contributed by atoms with Gasteiger partial charge in [0.1, 0.15) is 0 Å². The number of rotatable bonds is 5. The van der Waals surface area contributed by atoms with Crippen molar-refractivity contribution in [1.29, 1.82) is 0 Å². The molecule has 1 saturated heterocycles. The Morgan fingerprint density at radius 1 is 1.56 bits per heavy atom. The van der Waals surface area contributed by atoms with Gasteiger partial charge in [-0.1, -0.05) is 18.5 Å². The van der Waals surface area contributed by atoms with E-state index in [1.54, 1.807) is 11.3 Å². The van der Waals surface area contributed by atoms with Crippen LogP contribution in [-0.4, -0.2) is 26.5 Å². The molecule has 2 atom stereocenters. The van der Waals surface area contributed by atoms with Crippen molar-refractivity contribution in [3.05, 3.63) is 21.3 Å². The minimum atomic E-state index is -2.77. The summed E-state index contributed by atoms with van der Waals surface area (Å²) in [6, 6.07) is 4.23. The zero-order valence-electron chi connectivity index (χ0n) is 10.4. The van der Waals surface area contributed by atoms with Crippen LogP contribution in [-0.2, 0) is 9.84 Å². The summed E-state index contributed by atoms with van der Waals surface area (Å²) in [5, 5.41) is 3.47. The van der Waals surface area contributed by atoms with Gasteiger partial charge in [-0.15, -0.1) is 11.3 Å². The van der Waals surface area contributed by atoms with Crippen LogP contribution >= 0.6 is 22.9 Å². The molecule has 18 heavy (non-hydrogen) atoms. The number of sulfone groups is 1. The summed E-state index contributed by atoms with van der Waals surface area (Å²) < 4.78 is 23.6. The first-order valence-electron chi connectivity index (χ1n) is 6.19. The van der Waals surface area contributed by atoms with Crippen LogP contribution < -0.4 is 5.32 Å². The Kier molecular flexibility index (Phi) is 4.69. The van der Waals surface area contributed by atoms with Crippen LogP contribution in [0, 0.1) is 5.92 Å². The predicted molar refractivity (Wildman–Crippen MR) is 77.1 cm³/mol. The Morgan fingerprint density at radius 2 is 2.33 bits per heavy atom. The maximum atomic E-state index is 11.4. The van der Waals surface area contributed by atoms with E-state index in [1.165, 1.54) is 4.88 Å². The molecule has 6 heteroatoms. The molecule has 0 spiro atoms. The maximum absolute atomic E-state index is 11.4. The van der Waals surface area contributed by atoms with Gasteiger partial charge in [0.15, 0.2) is 9.84 Å². The van der Waals surface area contributed by atoms with Gasteiger partial charge in [0, 0.05) is 10.9 Å². The van der Waals surface area contributed by atoms with E-state index in [2.05, 4.69) is 12.2 Å². The van der Waals surface area contributed by atoms with Crippen LogP contribution in [0.2, 0.25) is 4.34 Å². The fourth-order valence-electron chi connectivity index (χ4n) is 2.30. The molecule has 102 valence electrons. The SMILES string of the molecule is CC[C@@H](NC[C@@H]1CCS(=O)(=O)C1)c1ccc(Cl)s1. The van der Waals surface area contributed by atoms with Crippen molar-refractivity contribution in [3.63, 3.8) is 0 Å². The summed E-state index contributed by atoms with van der Waals surface area (Å²) in [4.78, 5) is 1.23. The number of nitrogens with one attached hydrogen (secondary N) is 1. The van der Waals surface area contributed by atoms with Crippen molar-refractivity contribution in [2.24, 2.45) is 5.92 Å². The summed E-state index contributed by atoms with van der Waals surface area (Å²) in [7, 11) is -2.77. The van der Waals surface area contributed by atoms with E-state index in [9.17, 15) is 8.42 Å². The Hall–Kier alpha value is -0.100. The summed E-state index contributed by atoms with van der Waals surface area (Å²) in [6.45, 7) is 2.89. The monoisotopic (exact) mass is 307 g/mol. The van der Waals surface area contributed by atoms with Gasteiger partial charge in [-0.2, -0.15) is 0 Å². The summed E-state index contributed by atoms with van der Waals surface area (Å²) in [5.41, 5.74) is 0. The van der Waals surface area contributed by atoms with Crippen LogP contribution in [0.4, 0.5) is 0 Å². The highest BCUT2D eigenvalue weighted by atomic mass is 35.5. The zero-order chi connectivity index (χ0) is 13.2. The van der Waals surface area contributed by atoms with Gasteiger partial charge in [-0.25, -0.2) is 8.42 Å². The van der Waals surface area contributed by atoms with Crippen LogP contribution in [0.15, 0.2) is 12.1 Å². The lowest BCUT2D eigenvalue weighted by Crippen LogP contribution is -2.27. The highest BCUT2D eigenvalue weighted by Gasteiger charge is 2.28. The average Bonchev–Trinajstić information content (AvgIpc) is 2.86. The molecule has 1 aromatic rings. The summed E-state index contributed by atoms with van der Waals surface area (Å²) in [6.07, 6.45) is 1.77. The Morgan fingerprint density at radius 3 is 2.83 bits per heavy atom. The standard InChI is InChI=1S/C12H18ClNO2S2/c1-2-10(11-3-4-12(13)17-11)14-7-9-5-6-18(15,16)8-9/h3-4,9-10,14H,2,5-8H2,1H3/t9-,10+/m0/s1. The van der Waals surface area contributed by atoms with E-state index >= 15 is 0 Å². The van der Waals surface area contributed by atoms with Crippen LogP contribution in [0.25, 0.3) is 0 Å². The predicted octanol–water partition coefficient (Wildman–Crippen LogP) is 2.88. The van der Waals surface area contributed by atoms with Crippen LogP contribution in [0.1, 0.15) is 30.7 Å². The van der Waals surface area contributed by atoms with Gasteiger partial charge in [0.05, 0.1) is 15.8 Å². The third kappa shape index (κ3) is 3.70. The lowest BCUT2D eigenvalue weighted by molar-refractivity contribution is 0.454. The van der Waals surface area contributed by atoms with Crippen molar-refractivity contribution in [1.82, 2.24) is 5.32 Å². The molecule has 1 aromatic heterocycles. The Bertz CT molecular complexity index is 498. The minimum Gasteiger partial charge on any atom is -0.309 e. The lowest BCUT2D eigenvalue weighted by atomic mass is 10.1. The van der Waals surface area contributed by atoms with E-state index < -0.39 is 9.84 Å².